The standard InChI is InChI=1S/C30H24N2O2.C4H12O4Si.7C3H8O.5C2H6O.Mo.O.Ti.V/c33-29-15-7-13-27(21-29)31(23-9-3-1-4-10-23)25-17-19-26(20-18-25)32(24-11-5-2-6-12-24)28-14-8-16-30(34)22-28;1-5-9(6-2,7-3)8-4;7*1-3(2)4;5*1-2-3;;;;/h1-22,33-34H;1-4H3;7*3-4H,1-2H3;5*3H,2H2,1H3;;;;. The van der Waals surface area contributed by atoms with E-state index in [2.05, 4.69) is 34.1 Å². The van der Waals surface area contributed by atoms with Crippen LogP contribution in [0.3, 0.4) is 0 Å². The van der Waals surface area contributed by atoms with Gasteiger partial charge in [-0.15, -0.1) is 0 Å². The Bertz CT molecular complexity index is 1850. The molecule has 5 aromatic rings. The summed E-state index contributed by atoms with van der Waals surface area (Å²) in [5.74, 6) is 0.434. The number of phenols is 2. The normalized spacial score (nSPS) is 9.03. The monoisotopic (exact) mass is 1460 g/mol. The number of aliphatic hydroxyl groups excluding tert-OH is 12. The van der Waals surface area contributed by atoms with Gasteiger partial charge in [0.25, 0.3) is 0 Å². The molecule has 0 spiro atoms. The summed E-state index contributed by atoms with van der Waals surface area (Å²) in [5.41, 5.74) is 5.65. The van der Waals surface area contributed by atoms with Gasteiger partial charge in [0.15, 0.2) is 0 Å². The second-order valence-electron chi connectivity index (χ2n) is 18.5. The zero-order valence-electron chi connectivity index (χ0n) is 58.3. The van der Waals surface area contributed by atoms with Crippen molar-refractivity contribution in [1.82, 2.24) is 0 Å². The van der Waals surface area contributed by atoms with Gasteiger partial charge in [0.2, 0.25) is 0 Å². The Morgan fingerprint density at radius 2 is 0.478 bits per heavy atom. The molecule has 0 aliphatic heterocycles. The van der Waals surface area contributed by atoms with Gasteiger partial charge < -0.3 is 99.0 Å². The van der Waals surface area contributed by atoms with Crippen molar-refractivity contribution in [2.45, 2.75) is 174 Å². The van der Waals surface area contributed by atoms with Gasteiger partial charge in [-0.2, -0.15) is 0 Å². The van der Waals surface area contributed by atoms with Gasteiger partial charge in [-0.3, -0.25) is 0 Å². The van der Waals surface area contributed by atoms with Crippen LogP contribution in [0.1, 0.15) is 132 Å². The molecule has 25 heteroatoms. The van der Waals surface area contributed by atoms with Crippen LogP contribution in [0.25, 0.3) is 0 Å². The molecule has 5 rings (SSSR count). The van der Waals surface area contributed by atoms with Crippen molar-refractivity contribution in [1.29, 1.82) is 0 Å². The molecule has 0 saturated carbocycles. The Kier molecular flexibility index (Phi) is 109. The number of hydrogen-bond donors (Lipinski definition) is 14. The van der Waals surface area contributed by atoms with E-state index in [0.29, 0.717) is 0 Å². The SMILES string of the molecule is CC(C)O.CC(C)O.CC(C)O.CC(C)O.CC(C)O.CC(C)O.CC(C)O.CCO.CCO.CCO.CCO.CCO.CO[Si](OC)(OC)OC.Oc1cccc(N(c2ccccc2)c2ccc(N(c3ccccc3)c3cccc(O)c3)cc2)c1.[Mo].[O]=[V].[Ti]. The number of rotatable bonds is 10. The Morgan fingerprint density at radius 3 is 0.611 bits per heavy atom. The molecule has 0 aliphatic rings. The van der Waals surface area contributed by atoms with Crippen LogP contribution in [0.15, 0.2) is 133 Å². The van der Waals surface area contributed by atoms with Gasteiger partial charge >= 0.3 is 30.1 Å². The number of hydrogen-bond acceptors (Lipinski definition) is 21. The van der Waals surface area contributed by atoms with Crippen LogP contribution in [0.2, 0.25) is 0 Å². The van der Waals surface area contributed by atoms with Crippen LogP contribution in [-0.2, 0) is 81.5 Å². The predicted octanol–water partition coefficient (Wildman–Crippen LogP) is 10.6. The largest absolute Gasteiger partial charge is 0 e. The molecule has 0 aromatic heterocycles. The van der Waals surface area contributed by atoms with E-state index >= 15 is 0 Å². The van der Waals surface area contributed by atoms with Crippen molar-refractivity contribution in [3.05, 3.63) is 133 Å². The molecule has 0 atom stereocenters. The molecule has 0 bridgehead atoms. The molecule has 0 fully saturated rings. The zero-order chi connectivity index (χ0) is 71.2. The minimum Gasteiger partial charge on any atom is 0 e. The van der Waals surface area contributed by atoms with E-state index < -0.39 is 9.05 Å². The molecular formula is C65H122MoN2O19SiTiV. The molecule has 0 radical (unpaired) electrons. The van der Waals surface area contributed by atoms with Crippen LogP contribution in [-0.4, -0.2) is 185 Å². The number of phenolic OH excluding ortho intramolecular Hbond substituents is 2. The molecule has 0 unspecified atom stereocenters. The van der Waals surface area contributed by atoms with E-state index in [1.54, 1.807) is 156 Å². The number of nitrogens with zero attached hydrogens (tertiary/aromatic N) is 2. The van der Waals surface area contributed by atoms with E-state index in [4.69, 9.17) is 82.7 Å². The topological polar surface area (TPSA) is 344 Å². The summed E-state index contributed by atoms with van der Waals surface area (Å²) >= 11 is 1.06. The first-order chi connectivity index (χ1) is 41.1. The second kappa shape index (κ2) is 85.7. The van der Waals surface area contributed by atoms with Crippen molar-refractivity contribution in [3.63, 3.8) is 0 Å². The van der Waals surface area contributed by atoms with Crippen LogP contribution in [0.5, 0.6) is 11.5 Å². The second-order valence-corrected chi connectivity index (χ2v) is 21.1. The number of anilines is 6. The Hall–Kier alpha value is -3.34. The summed E-state index contributed by atoms with van der Waals surface area (Å²) in [6.45, 7) is 33.8. The molecule has 0 heterocycles. The van der Waals surface area contributed by atoms with Crippen molar-refractivity contribution >= 4 is 43.2 Å². The van der Waals surface area contributed by atoms with Crippen LogP contribution in [0, 0.1) is 0 Å². The Labute approximate surface area is 582 Å². The quantitative estimate of drug-likeness (QED) is 0.0578. The number of aliphatic hydroxyl groups is 12. The summed E-state index contributed by atoms with van der Waals surface area (Å²) in [6.07, 6.45) is -1.17. The van der Waals surface area contributed by atoms with Crippen LogP contribution >= 0.6 is 0 Å². The summed E-state index contributed by atoms with van der Waals surface area (Å²) in [7, 11) is 3.26. The van der Waals surface area contributed by atoms with E-state index in [-0.39, 0.29) is 130 Å². The predicted molar refractivity (Wildman–Crippen MR) is 359 cm³/mol. The van der Waals surface area contributed by atoms with Crippen molar-refractivity contribution in [2.24, 2.45) is 0 Å². The zero-order valence-corrected chi connectivity index (χ0v) is 64.3. The molecule has 5 aromatic carbocycles. The van der Waals surface area contributed by atoms with Gasteiger partial charge in [0.1, 0.15) is 11.5 Å². The van der Waals surface area contributed by atoms with E-state index in [1.165, 1.54) is 28.4 Å². The van der Waals surface area contributed by atoms with Crippen LogP contribution in [0.4, 0.5) is 34.1 Å². The molecule has 21 nitrogen and oxygen atoms in total. The molecular weight excluding hydrogens is 1340 g/mol. The van der Waals surface area contributed by atoms with Crippen molar-refractivity contribution in [2.75, 3.05) is 71.3 Å². The molecule has 90 heavy (non-hydrogen) atoms. The first-order valence-electron chi connectivity index (χ1n) is 28.7. The maximum absolute atomic E-state index is 10.1. The van der Waals surface area contributed by atoms with E-state index in [0.717, 1.165) is 51.5 Å². The maximum Gasteiger partial charge on any atom is 0 e. The Balaban J connectivity index is -0.0000000895. The fraction of sp³-hybridized carbons (Fsp3) is 0.538. The molecule has 0 aliphatic carbocycles. The third kappa shape index (κ3) is 95.8. The summed E-state index contributed by atoms with van der Waals surface area (Å²) in [4.78, 5) is 4.20. The molecule has 0 amide bonds. The summed E-state index contributed by atoms with van der Waals surface area (Å²) in [5, 5.41) is 114. The fourth-order valence-corrected chi connectivity index (χ4v) is 5.56. The first kappa shape index (κ1) is 114. The first-order valence-corrected chi connectivity index (χ1v) is 30.9. The van der Waals surface area contributed by atoms with E-state index in [9.17, 15) is 10.2 Å². The van der Waals surface area contributed by atoms with Gasteiger partial charge in [0.05, 0.1) is 0 Å². The molecule has 0 saturated heterocycles. The number of benzene rings is 5. The fourth-order valence-electron chi connectivity index (χ4n) is 4.56. The number of aromatic hydroxyl groups is 2. The molecule has 14 N–H and O–H groups in total. The van der Waals surface area contributed by atoms with Crippen molar-refractivity contribution in [3.8, 4) is 11.5 Å². The average Bonchev–Trinajstić information content (AvgIpc) is 1.40. The van der Waals surface area contributed by atoms with Gasteiger partial charge in [-0.1, -0.05) is 48.5 Å². The van der Waals surface area contributed by atoms with Gasteiger partial charge in [-0.05, 0) is 204 Å². The minimum absolute atomic E-state index is 0. The Morgan fingerprint density at radius 1 is 0.333 bits per heavy atom. The average molecular weight is 1460 g/mol. The summed E-state index contributed by atoms with van der Waals surface area (Å²) in [6, 6.07) is 42.9. The third-order valence-electron chi connectivity index (χ3n) is 6.57. The summed E-state index contributed by atoms with van der Waals surface area (Å²) < 4.78 is 27.6. The van der Waals surface area contributed by atoms with Gasteiger partial charge in [-0.25, -0.2) is 0 Å². The van der Waals surface area contributed by atoms with Gasteiger partial charge in [0, 0.05) is 193 Å². The number of para-hydroxylation sites is 2. The maximum atomic E-state index is 10.1. The minimum atomic E-state index is -2.69. The van der Waals surface area contributed by atoms with Crippen molar-refractivity contribution < 1.29 is 153 Å². The van der Waals surface area contributed by atoms with E-state index in [1.807, 2.05) is 84.9 Å². The third-order valence-corrected chi connectivity index (χ3v) is 8.57. The van der Waals surface area contributed by atoms with Crippen LogP contribution < -0.4 is 9.80 Å². The smallest absolute Gasteiger partial charge is 0 e. The molecule has 525 valence electrons.